The number of piperidine rings is 1. The Labute approximate surface area is 132 Å². The molecule has 2 bridgehead atoms. The van der Waals surface area contributed by atoms with Crippen molar-refractivity contribution in [3.8, 4) is 0 Å². The number of nitrogens with two attached hydrogens (primary N) is 1. The molecular formula is C15H19N3O5. The van der Waals surface area contributed by atoms with Crippen molar-refractivity contribution in [3.63, 3.8) is 0 Å². The number of pyridine rings is 1. The molecule has 8 nitrogen and oxygen atoms in total. The number of amides is 2. The van der Waals surface area contributed by atoms with E-state index < -0.39 is 24.0 Å². The van der Waals surface area contributed by atoms with Gasteiger partial charge in [-0.25, -0.2) is 0 Å². The molecule has 1 aromatic heterocycles. The van der Waals surface area contributed by atoms with Crippen LogP contribution >= 0.6 is 0 Å². The van der Waals surface area contributed by atoms with Crippen LogP contribution in [0.25, 0.3) is 0 Å². The highest BCUT2D eigenvalue weighted by molar-refractivity contribution is 5.90. The zero-order chi connectivity index (χ0) is 16.7. The zero-order valence-corrected chi connectivity index (χ0v) is 12.5. The van der Waals surface area contributed by atoms with Crippen LogP contribution in [0.3, 0.4) is 0 Å². The van der Waals surface area contributed by atoms with Crippen molar-refractivity contribution in [1.29, 1.82) is 0 Å². The van der Waals surface area contributed by atoms with Crippen molar-refractivity contribution >= 4 is 11.8 Å². The topological polar surface area (TPSA) is 126 Å². The zero-order valence-electron chi connectivity index (χ0n) is 12.5. The minimum atomic E-state index is -1.92. The van der Waals surface area contributed by atoms with Crippen LogP contribution in [0.4, 0.5) is 0 Å². The summed E-state index contributed by atoms with van der Waals surface area (Å²) >= 11 is 0. The van der Waals surface area contributed by atoms with Gasteiger partial charge in [-0.3, -0.25) is 14.4 Å². The molecule has 0 saturated carbocycles. The summed E-state index contributed by atoms with van der Waals surface area (Å²) in [4.78, 5) is 36.6. The van der Waals surface area contributed by atoms with Crippen molar-refractivity contribution < 1.29 is 19.8 Å². The van der Waals surface area contributed by atoms with Crippen molar-refractivity contribution in [3.05, 3.63) is 34.2 Å². The Hall–Kier alpha value is -2.19. The minimum Gasteiger partial charge on any atom is -0.380 e. The number of carbonyl (C=O) groups excluding carboxylic acids is 2. The van der Waals surface area contributed by atoms with E-state index in [1.54, 1.807) is 10.6 Å². The van der Waals surface area contributed by atoms with Gasteiger partial charge < -0.3 is 25.4 Å². The number of nitrogens with zero attached hydrogens (tertiary/aromatic N) is 2. The molecule has 0 radical (unpaired) electrons. The maximum Gasteiger partial charge on any atom is 0.254 e. The second-order valence-electron chi connectivity index (χ2n) is 6.23. The highest BCUT2D eigenvalue weighted by Crippen LogP contribution is 2.35. The van der Waals surface area contributed by atoms with Crippen LogP contribution in [0.1, 0.15) is 18.0 Å². The number of fused-ring (bicyclic) bond motifs is 4. The summed E-state index contributed by atoms with van der Waals surface area (Å²) in [6, 6.07) is 5.08. The van der Waals surface area contributed by atoms with Crippen molar-refractivity contribution in [1.82, 2.24) is 9.47 Å². The molecule has 0 aromatic carbocycles. The Morgan fingerprint density at radius 1 is 1.17 bits per heavy atom. The van der Waals surface area contributed by atoms with E-state index >= 15 is 0 Å². The first-order valence-corrected chi connectivity index (χ1v) is 7.52. The van der Waals surface area contributed by atoms with Gasteiger partial charge in [-0.15, -0.1) is 0 Å². The predicted octanol–water partition coefficient (Wildman–Crippen LogP) is -2.00. The fourth-order valence-corrected chi connectivity index (χ4v) is 3.55. The number of primary amides is 1. The Balaban J connectivity index is 1.81. The van der Waals surface area contributed by atoms with Gasteiger partial charge in [0.2, 0.25) is 5.91 Å². The van der Waals surface area contributed by atoms with Crippen molar-refractivity contribution in [2.45, 2.75) is 31.1 Å². The van der Waals surface area contributed by atoms with Gasteiger partial charge in [0.25, 0.3) is 11.5 Å². The normalized spacial score (nSPS) is 25.4. The van der Waals surface area contributed by atoms with Crippen LogP contribution in [-0.4, -0.2) is 56.8 Å². The summed E-state index contributed by atoms with van der Waals surface area (Å²) in [7, 11) is 0. The second kappa shape index (κ2) is 5.78. The number of carbonyl (C=O) groups is 2. The molecule has 1 unspecified atom stereocenters. The van der Waals surface area contributed by atoms with Gasteiger partial charge in [-0.1, -0.05) is 6.07 Å². The van der Waals surface area contributed by atoms with Crippen LogP contribution in [0.15, 0.2) is 23.0 Å². The molecule has 2 aliphatic heterocycles. The predicted molar refractivity (Wildman–Crippen MR) is 79.3 cm³/mol. The molecule has 2 amide bonds. The first-order valence-electron chi connectivity index (χ1n) is 7.52. The minimum absolute atomic E-state index is 0.00160. The summed E-state index contributed by atoms with van der Waals surface area (Å²) in [6.45, 7) is 1.23. The SMILES string of the molecule is NC(=O)[C@H](O)[C@@H](O)C(=O)N1CC2C[C@@H](C1)c1cccc(=O)n1C2. The number of aliphatic hydroxyl groups excluding tert-OH is 2. The molecule has 1 aromatic rings. The highest BCUT2D eigenvalue weighted by Gasteiger charge is 2.39. The first-order chi connectivity index (χ1) is 10.9. The molecule has 4 atom stereocenters. The van der Waals surface area contributed by atoms with E-state index in [0.29, 0.717) is 19.6 Å². The summed E-state index contributed by atoms with van der Waals surface area (Å²) in [5.74, 6) is -1.75. The molecule has 124 valence electrons. The van der Waals surface area contributed by atoms with E-state index in [4.69, 9.17) is 5.73 Å². The Morgan fingerprint density at radius 2 is 1.91 bits per heavy atom. The van der Waals surface area contributed by atoms with E-state index in [1.165, 1.54) is 11.0 Å². The largest absolute Gasteiger partial charge is 0.380 e. The highest BCUT2D eigenvalue weighted by atomic mass is 16.3. The molecule has 1 fully saturated rings. The number of aromatic nitrogens is 1. The third-order valence-corrected chi connectivity index (χ3v) is 4.64. The average molecular weight is 321 g/mol. The summed E-state index contributed by atoms with van der Waals surface area (Å²) in [5.41, 5.74) is 5.74. The molecular weight excluding hydrogens is 302 g/mol. The lowest BCUT2D eigenvalue weighted by Gasteiger charge is -2.43. The van der Waals surface area contributed by atoms with E-state index in [2.05, 4.69) is 0 Å². The van der Waals surface area contributed by atoms with E-state index in [9.17, 15) is 24.6 Å². The quantitative estimate of drug-likeness (QED) is 0.594. The number of hydrogen-bond acceptors (Lipinski definition) is 5. The molecule has 8 heteroatoms. The molecule has 4 N–H and O–H groups in total. The van der Waals surface area contributed by atoms with E-state index in [-0.39, 0.29) is 17.4 Å². The van der Waals surface area contributed by atoms with Crippen LogP contribution in [0.2, 0.25) is 0 Å². The maximum absolute atomic E-state index is 12.3. The standard InChI is InChI=1S/C15H19N3O5/c16-14(22)12(20)13(21)15(23)17-5-8-4-9(7-17)10-2-1-3-11(19)18(10)6-8/h1-3,8-9,12-13,20-21H,4-7H2,(H2,16,22)/t8?,9-,12+,13+/m0/s1. The number of likely N-dealkylation sites (tertiary alicyclic amines) is 1. The van der Waals surface area contributed by atoms with Gasteiger partial charge in [0.05, 0.1) is 0 Å². The second-order valence-corrected chi connectivity index (χ2v) is 6.23. The van der Waals surface area contributed by atoms with Gasteiger partial charge in [0, 0.05) is 37.3 Å². The first kappa shape index (κ1) is 15.7. The van der Waals surface area contributed by atoms with Crippen LogP contribution in [-0.2, 0) is 16.1 Å². The lowest BCUT2D eigenvalue weighted by atomic mass is 9.83. The molecule has 23 heavy (non-hydrogen) atoms. The maximum atomic E-state index is 12.3. The summed E-state index contributed by atoms with van der Waals surface area (Å²) < 4.78 is 1.73. The smallest absolute Gasteiger partial charge is 0.254 e. The Bertz CT molecular complexity index is 701. The lowest BCUT2D eigenvalue weighted by molar-refractivity contribution is -0.154. The van der Waals surface area contributed by atoms with Gasteiger partial charge in [0.1, 0.15) is 0 Å². The van der Waals surface area contributed by atoms with Crippen molar-refractivity contribution in [2.24, 2.45) is 11.7 Å². The fraction of sp³-hybridized carbons (Fsp3) is 0.533. The number of aliphatic hydroxyl groups is 2. The van der Waals surface area contributed by atoms with Crippen LogP contribution < -0.4 is 11.3 Å². The molecule has 2 aliphatic rings. The monoisotopic (exact) mass is 321 g/mol. The summed E-state index contributed by atoms with van der Waals surface area (Å²) in [6.07, 6.45) is -2.91. The van der Waals surface area contributed by atoms with Gasteiger partial charge in [-0.2, -0.15) is 0 Å². The van der Waals surface area contributed by atoms with Crippen LogP contribution in [0.5, 0.6) is 0 Å². The molecule has 3 rings (SSSR count). The number of rotatable bonds is 3. The third-order valence-electron chi connectivity index (χ3n) is 4.64. The molecule has 1 saturated heterocycles. The molecule has 0 spiro atoms. The van der Waals surface area contributed by atoms with Gasteiger partial charge in [0.15, 0.2) is 12.2 Å². The third kappa shape index (κ3) is 2.75. The number of hydrogen-bond donors (Lipinski definition) is 3. The van der Waals surface area contributed by atoms with Gasteiger partial charge in [-0.05, 0) is 18.4 Å². The summed E-state index contributed by atoms with van der Waals surface area (Å²) in [5, 5.41) is 19.3. The van der Waals surface area contributed by atoms with Crippen molar-refractivity contribution in [2.75, 3.05) is 13.1 Å². The molecule has 3 heterocycles. The van der Waals surface area contributed by atoms with Crippen LogP contribution in [0, 0.1) is 5.92 Å². The Morgan fingerprint density at radius 3 is 2.61 bits per heavy atom. The Kier molecular flexibility index (Phi) is 3.95. The molecule has 0 aliphatic carbocycles. The average Bonchev–Trinajstić information content (AvgIpc) is 2.53. The van der Waals surface area contributed by atoms with E-state index in [0.717, 1.165) is 12.1 Å². The van der Waals surface area contributed by atoms with E-state index in [1.807, 2.05) is 6.07 Å². The van der Waals surface area contributed by atoms with Gasteiger partial charge >= 0.3 is 0 Å². The fourth-order valence-electron chi connectivity index (χ4n) is 3.55. The lowest BCUT2D eigenvalue weighted by Crippen LogP contribution is -2.55.